The Morgan fingerprint density at radius 3 is 2.62 bits per heavy atom. The lowest BCUT2D eigenvalue weighted by atomic mass is 10.1. The Morgan fingerprint density at radius 2 is 1.86 bits per heavy atom. The lowest BCUT2D eigenvalue weighted by Crippen LogP contribution is -2.12. The highest BCUT2D eigenvalue weighted by molar-refractivity contribution is 9.13. The van der Waals surface area contributed by atoms with Crippen molar-refractivity contribution >= 4 is 54.4 Å². The molecule has 1 aromatic heterocycles. The Morgan fingerprint density at radius 1 is 1.14 bits per heavy atom. The molecule has 0 aliphatic rings. The van der Waals surface area contributed by atoms with Crippen LogP contribution in [-0.2, 0) is 0 Å². The summed E-state index contributed by atoms with van der Waals surface area (Å²) >= 11 is 6.93. The Bertz CT molecular complexity index is 839. The first kappa shape index (κ1) is 14.4. The first-order valence-electron chi connectivity index (χ1n) is 6.39. The fourth-order valence-corrected chi connectivity index (χ4v) is 2.89. The maximum absolute atomic E-state index is 12.5. The first-order chi connectivity index (χ1) is 10.1. The number of benzene rings is 2. The molecule has 3 nitrogen and oxygen atoms in total. The van der Waals surface area contributed by atoms with Crippen molar-refractivity contribution in [2.75, 3.05) is 5.32 Å². The number of amides is 1. The molecule has 0 saturated heterocycles. The number of halogens is 2. The predicted octanol–water partition coefficient (Wildman–Crippen LogP) is 5.25. The second-order valence-electron chi connectivity index (χ2n) is 4.78. The molecule has 0 fully saturated rings. The van der Waals surface area contributed by atoms with Gasteiger partial charge in [-0.1, -0.05) is 18.2 Å². The van der Waals surface area contributed by atoms with Crippen LogP contribution in [0.4, 0.5) is 5.69 Å². The van der Waals surface area contributed by atoms with Gasteiger partial charge < -0.3 is 10.3 Å². The van der Waals surface area contributed by atoms with Crippen LogP contribution in [-0.4, -0.2) is 10.9 Å². The van der Waals surface area contributed by atoms with Crippen LogP contribution in [0.2, 0.25) is 0 Å². The molecule has 0 unspecified atom stereocenters. The number of carbonyl (C=O) groups is 1. The summed E-state index contributed by atoms with van der Waals surface area (Å²) in [4.78, 5) is 15.6. The third kappa shape index (κ3) is 2.76. The molecule has 3 rings (SSSR count). The van der Waals surface area contributed by atoms with E-state index in [0.717, 1.165) is 31.1 Å². The monoisotopic (exact) mass is 406 g/mol. The van der Waals surface area contributed by atoms with Crippen molar-refractivity contribution in [3.05, 3.63) is 62.7 Å². The molecular formula is C16H12Br2N2O. The van der Waals surface area contributed by atoms with Gasteiger partial charge in [0.05, 0.1) is 5.56 Å². The zero-order valence-electron chi connectivity index (χ0n) is 11.2. The van der Waals surface area contributed by atoms with Crippen molar-refractivity contribution in [2.45, 2.75) is 6.92 Å². The minimum Gasteiger partial charge on any atom is -0.360 e. The number of para-hydroxylation sites is 1. The Hall–Kier alpha value is -1.59. The van der Waals surface area contributed by atoms with E-state index in [2.05, 4.69) is 42.2 Å². The van der Waals surface area contributed by atoms with Crippen LogP contribution >= 0.6 is 31.9 Å². The molecule has 3 aromatic rings. The van der Waals surface area contributed by atoms with Crippen LogP contribution in [0.15, 0.2) is 51.5 Å². The number of anilines is 1. The fraction of sp³-hybridized carbons (Fsp3) is 0.0625. The number of carbonyl (C=O) groups excluding carboxylic acids is 1. The zero-order chi connectivity index (χ0) is 15.0. The van der Waals surface area contributed by atoms with Crippen molar-refractivity contribution < 1.29 is 4.79 Å². The van der Waals surface area contributed by atoms with Gasteiger partial charge in [-0.15, -0.1) is 0 Å². The van der Waals surface area contributed by atoms with Crippen LogP contribution in [0.25, 0.3) is 10.9 Å². The number of fused-ring (bicyclic) bond motifs is 1. The molecule has 0 aliphatic carbocycles. The van der Waals surface area contributed by atoms with Crippen molar-refractivity contribution in [3.8, 4) is 0 Å². The van der Waals surface area contributed by atoms with Crippen LogP contribution in [0.5, 0.6) is 0 Å². The molecule has 0 radical (unpaired) electrons. The standard InChI is InChI=1S/C16H12Br2N2O/c1-9-4-2-3-5-14(9)20-16(21)11-8-19-15-7-13(18)12(17)6-10(11)15/h2-8,19H,1H3,(H,20,21). The number of rotatable bonds is 2. The van der Waals surface area contributed by atoms with Gasteiger partial charge in [-0.05, 0) is 62.5 Å². The molecule has 2 aromatic carbocycles. The summed E-state index contributed by atoms with van der Waals surface area (Å²) in [5.74, 6) is -0.121. The van der Waals surface area contributed by atoms with E-state index in [1.165, 1.54) is 0 Å². The maximum atomic E-state index is 12.5. The Balaban J connectivity index is 1.99. The van der Waals surface area contributed by atoms with E-state index >= 15 is 0 Å². The summed E-state index contributed by atoms with van der Waals surface area (Å²) in [5, 5.41) is 3.84. The smallest absolute Gasteiger partial charge is 0.257 e. The van der Waals surface area contributed by atoms with Crippen LogP contribution < -0.4 is 5.32 Å². The molecule has 0 spiro atoms. The number of hydrogen-bond acceptors (Lipinski definition) is 1. The molecule has 0 atom stereocenters. The van der Waals surface area contributed by atoms with Gasteiger partial charge in [0.2, 0.25) is 0 Å². The third-order valence-corrected chi connectivity index (χ3v) is 5.20. The normalized spacial score (nSPS) is 10.8. The fourth-order valence-electron chi connectivity index (χ4n) is 2.21. The largest absolute Gasteiger partial charge is 0.360 e. The highest BCUT2D eigenvalue weighted by Gasteiger charge is 2.14. The summed E-state index contributed by atoms with van der Waals surface area (Å²) in [6.45, 7) is 1.97. The Kier molecular flexibility index (Phi) is 3.87. The second-order valence-corrected chi connectivity index (χ2v) is 6.49. The minimum atomic E-state index is -0.121. The summed E-state index contributed by atoms with van der Waals surface area (Å²) in [6, 6.07) is 11.6. The highest BCUT2D eigenvalue weighted by atomic mass is 79.9. The zero-order valence-corrected chi connectivity index (χ0v) is 14.4. The van der Waals surface area contributed by atoms with E-state index in [4.69, 9.17) is 0 Å². The topological polar surface area (TPSA) is 44.9 Å². The SMILES string of the molecule is Cc1ccccc1NC(=O)c1c[nH]c2cc(Br)c(Br)cc12. The van der Waals surface area contributed by atoms with Gasteiger partial charge in [-0.2, -0.15) is 0 Å². The second kappa shape index (κ2) is 5.66. The molecule has 2 N–H and O–H groups in total. The number of aromatic amines is 1. The van der Waals surface area contributed by atoms with Gasteiger partial charge in [-0.25, -0.2) is 0 Å². The lowest BCUT2D eigenvalue weighted by Gasteiger charge is -2.07. The molecule has 1 amide bonds. The van der Waals surface area contributed by atoms with Crippen molar-refractivity contribution in [3.63, 3.8) is 0 Å². The van der Waals surface area contributed by atoms with Gasteiger partial charge in [0.15, 0.2) is 0 Å². The van der Waals surface area contributed by atoms with Crippen LogP contribution in [0.1, 0.15) is 15.9 Å². The number of hydrogen-bond donors (Lipinski definition) is 2. The number of nitrogens with one attached hydrogen (secondary N) is 2. The molecule has 0 aliphatic heterocycles. The van der Waals surface area contributed by atoms with E-state index in [-0.39, 0.29) is 5.91 Å². The molecule has 0 bridgehead atoms. The molecule has 5 heteroatoms. The van der Waals surface area contributed by atoms with E-state index in [1.54, 1.807) is 6.20 Å². The van der Waals surface area contributed by atoms with Gasteiger partial charge in [0.25, 0.3) is 5.91 Å². The molecule has 0 saturated carbocycles. The predicted molar refractivity (Wildman–Crippen MR) is 92.8 cm³/mol. The Labute approximate surface area is 139 Å². The average Bonchev–Trinajstić information content (AvgIpc) is 2.85. The summed E-state index contributed by atoms with van der Waals surface area (Å²) in [7, 11) is 0. The van der Waals surface area contributed by atoms with Crippen molar-refractivity contribution in [1.29, 1.82) is 0 Å². The summed E-state index contributed by atoms with van der Waals surface area (Å²) < 4.78 is 1.86. The summed E-state index contributed by atoms with van der Waals surface area (Å²) in [5.41, 5.74) is 3.41. The van der Waals surface area contributed by atoms with Gasteiger partial charge in [0.1, 0.15) is 0 Å². The number of aromatic nitrogens is 1. The average molecular weight is 408 g/mol. The molecular weight excluding hydrogens is 396 g/mol. The van der Waals surface area contributed by atoms with Crippen molar-refractivity contribution in [2.24, 2.45) is 0 Å². The van der Waals surface area contributed by atoms with Gasteiger partial charge in [-0.3, -0.25) is 4.79 Å². The highest BCUT2D eigenvalue weighted by Crippen LogP contribution is 2.30. The van der Waals surface area contributed by atoms with Crippen LogP contribution in [0, 0.1) is 6.92 Å². The molecule has 106 valence electrons. The van der Waals surface area contributed by atoms with Gasteiger partial charge >= 0.3 is 0 Å². The quantitative estimate of drug-likeness (QED) is 0.598. The van der Waals surface area contributed by atoms with Crippen molar-refractivity contribution in [1.82, 2.24) is 4.98 Å². The van der Waals surface area contributed by atoms with E-state index in [1.807, 2.05) is 43.3 Å². The van der Waals surface area contributed by atoms with E-state index < -0.39 is 0 Å². The minimum absolute atomic E-state index is 0.121. The molecule has 21 heavy (non-hydrogen) atoms. The first-order valence-corrected chi connectivity index (χ1v) is 7.98. The van der Waals surface area contributed by atoms with Gasteiger partial charge in [0, 0.05) is 31.7 Å². The third-order valence-electron chi connectivity index (χ3n) is 3.36. The van der Waals surface area contributed by atoms with Crippen LogP contribution in [0.3, 0.4) is 0 Å². The van der Waals surface area contributed by atoms with E-state index in [0.29, 0.717) is 5.56 Å². The summed E-state index contributed by atoms with van der Waals surface area (Å²) in [6.07, 6.45) is 1.73. The number of aryl methyl sites for hydroxylation is 1. The maximum Gasteiger partial charge on any atom is 0.257 e. The lowest BCUT2D eigenvalue weighted by molar-refractivity contribution is 0.102. The van der Waals surface area contributed by atoms with E-state index in [9.17, 15) is 4.79 Å². The molecule has 1 heterocycles. The number of H-pyrrole nitrogens is 1.